The topological polar surface area (TPSA) is 84.8 Å². The van der Waals surface area contributed by atoms with E-state index in [4.69, 9.17) is 0 Å². The van der Waals surface area contributed by atoms with Gasteiger partial charge in [0.05, 0.1) is 28.9 Å². The van der Waals surface area contributed by atoms with Gasteiger partial charge in [0.15, 0.2) is 6.19 Å². The maximum atomic E-state index is 13.0. The second-order valence-electron chi connectivity index (χ2n) is 7.72. The molecule has 6 nitrogen and oxygen atoms in total. The highest BCUT2D eigenvalue weighted by Gasteiger charge is 2.46. The molecular weight excluding hydrogens is 350 g/mol. The highest BCUT2D eigenvalue weighted by Crippen LogP contribution is 2.37. The van der Waals surface area contributed by atoms with Crippen molar-refractivity contribution in [1.82, 2.24) is 20.2 Å². The summed E-state index contributed by atoms with van der Waals surface area (Å²) in [5, 5.41) is 13.4. The van der Waals surface area contributed by atoms with Crippen molar-refractivity contribution in [2.24, 2.45) is 0 Å². The number of H-pyrrole nitrogens is 1. The van der Waals surface area contributed by atoms with Gasteiger partial charge in [-0.1, -0.05) is 24.3 Å². The second kappa shape index (κ2) is 6.38. The van der Waals surface area contributed by atoms with E-state index in [1.165, 1.54) is 0 Å². The molecule has 2 aromatic heterocycles. The van der Waals surface area contributed by atoms with Crippen LogP contribution in [0.2, 0.25) is 0 Å². The van der Waals surface area contributed by atoms with Gasteiger partial charge in [0.25, 0.3) is 5.91 Å². The SMILES string of the molecule is Cc1cccc(-c2cccc3c(C(=O)N[C@@H]4C[C@@H]5CC[C@H]4N5C#N)c[nH]c23)n1. The summed E-state index contributed by atoms with van der Waals surface area (Å²) in [7, 11) is 0. The zero-order chi connectivity index (χ0) is 19.3. The van der Waals surface area contributed by atoms with Gasteiger partial charge in [-0.05, 0) is 38.3 Å². The Morgan fingerprint density at radius 1 is 1.29 bits per heavy atom. The van der Waals surface area contributed by atoms with Crippen LogP contribution >= 0.6 is 0 Å². The quantitative estimate of drug-likeness (QED) is 0.692. The summed E-state index contributed by atoms with van der Waals surface area (Å²) in [6, 6.07) is 12.3. The number of nitriles is 1. The van der Waals surface area contributed by atoms with E-state index in [2.05, 4.69) is 21.5 Å². The Balaban J connectivity index is 1.45. The molecule has 28 heavy (non-hydrogen) atoms. The van der Waals surface area contributed by atoms with E-state index in [-0.39, 0.29) is 24.0 Å². The standard InChI is InChI=1S/C22H21N5O/c1-13-4-2-7-18(25-13)16-6-3-5-15-17(11-24-21(15)16)22(28)26-19-10-14-8-9-20(19)27(14)12-23/h2-7,11,14,19-20,24H,8-10H2,1H3,(H,26,28)/t14-,19+,20+/m0/s1. The molecule has 2 bridgehead atoms. The number of aromatic nitrogens is 2. The molecule has 140 valence electrons. The van der Waals surface area contributed by atoms with Crippen LogP contribution < -0.4 is 5.32 Å². The number of aryl methyl sites for hydroxylation is 1. The molecule has 2 aliphatic rings. The van der Waals surface area contributed by atoms with Crippen molar-refractivity contribution in [1.29, 1.82) is 5.26 Å². The predicted octanol–water partition coefficient (Wildman–Crippen LogP) is 3.35. The number of aromatic amines is 1. The Kier molecular flexibility index (Phi) is 3.83. The number of fused-ring (bicyclic) bond motifs is 3. The number of nitrogens with one attached hydrogen (secondary N) is 2. The second-order valence-corrected chi connectivity index (χ2v) is 7.72. The number of pyridine rings is 1. The first kappa shape index (κ1) is 16.8. The number of para-hydroxylation sites is 1. The van der Waals surface area contributed by atoms with E-state index in [1.807, 2.05) is 48.2 Å². The van der Waals surface area contributed by atoms with E-state index in [1.54, 1.807) is 6.20 Å². The third-order valence-corrected chi connectivity index (χ3v) is 6.09. The van der Waals surface area contributed by atoms with E-state index in [9.17, 15) is 10.1 Å². The van der Waals surface area contributed by atoms with Crippen LogP contribution in [-0.4, -0.2) is 38.9 Å². The fourth-order valence-corrected chi connectivity index (χ4v) is 4.79. The molecule has 0 radical (unpaired) electrons. The van der Waals surface area contributed by atoms with Gasteiger partial charge in [0.2, 0.25) is 0 Å². The summed E-state index contributed by atoms with van der Waals surface area (Å²) in [6.07, 6.45) is 6.94. The predicted molar refractivity (Wildman–Crippen MR) is 106 cm³/mol. The van der Waals surface area contributed by atoms with Crippen LogP contribution in [0.3, 0.4) is 0 Å². The fourth-order valence-electron chi connectivity index (χ4n) is 4.79. The summed E-state index contributed by atoms with van der Waals surface area (Å²) >= 11 is 0. The number of rotatable bonds is 3. The van der Waals surface area contributed by atoms with Crippen molar-refractivity contribution in [2.45, 2.75) is 44.3 Å². The van der Waals surface area contributed by atoms with Gasteiger partial charge in [0, 0.05) is 28.9 Å². The Hall–Kier alpha value is -3.33. The molecule has 3 aromatic rings. The summed E-state index contributed by atoms with van der Waals surface area (Å²) in [5.41, 5.74) is 4.37. The van der Waals surface area contributed by atoms with Crippen molar-refractivity contribution in [3.63, 3.8) is 0 Å². The van der Waals surface area contributed by atoms with Gasteiger partial charge >= 0.3 is 0 Å². The molecule has 0 aliphatic carbocycles. The Morgan fingerprint density at radius 2 is 2.14 bits per heavy atom. The lowest BCUT2D eigenvalue weighted by atomic mass is 9.95. The highest BCUT2D eigenvalue weighted by molar-refractivity contribution is 6.09. The molecule has 2 aliphatic heterocycles. The van der Waals surface area contributed by atoms with E-state index in [0.717, 1.165) is 47.1 Å². The first-order valence-corrected chi connectivity index (χ1v) is 9.69. The third-order valence-electron chi connectivity index (χ3n) is 6.09. The number of hydrogen-bond acceptors (Lipinski definition) is 4. The van der Waals surface area contributed by atoms with Crippen LogP contribution in [0.4, 0.5) is 0 Å². The van der Waals surface area contributed by atoms with E-state index in [0.29, 0.717) is 5.56 Å². The van der Waals surface area contributed by atoms with Crippen LogP contribution in [0.1, 0.15) is 35.3 Å². The average Bonchev–Trinajstić information content (AvgIpc) is 3.39. The van der Waals surface area contributed by atoms with Crippen LogP contribution in [-0.2, 0) is 0 Å². The number of benzene rings is 1. The van der Waals surface area contributed by atoms with Gasteiger partial charge in [0.1, 0.15) is 0 Å². The van der Waals surface area contributed by atoms with E-state index >= 15 is 0 Å². The minimum absolute atomic E-state index is 0.0393. The van der Waals surface area contributed by atoms with Crippen LogP contribution in [0.5, 0.6) is 0 Å². The van der Waals surface area contributed by atoms with Gasteiger partial charge in [-0.3, -0.25) is 9.78 Å². The molecule has 3 atom stereocenters. The molecule has 2 fully saturated rings. The molecule has 0 unspecified atom stereocenters. The zero-order valence-corrected chi connectivity index (χ0v) is 15.6. The maximum absolute atomic E-state index is 13.0. The normalized spacial score (nSPS) is 23.1. The molecule has 1 amide bonds. The van der Waals surface area contributed by atoms with Crippen molar-refractivity contribution in [3.05, 3.63) is 53.9 Å². The van der Waals surface area contributed by atoms with Crippen molar-refractivity contribution in [2.75, 3.05) is 0 Å². The van der Waals surface area contributed by atoms with Gasteiger partial charge < -0.3 is 15.2 Å². The smallest absolute Gasteiger partial charge is 0.253 e. The van der Waals surface area contributed by atoms with Crippen LogP contribution in [0.15, 0.2) is 42.6 Å². The molecule has 0 spiro atoms. The monoisotopic (exact) mass is 371 g/mol. The average molecular weight is 371 g/mol. The van der Waals surface area contributed by atoms with Crippen molar-refractivity contribution >= 4 is 16.8 Å². The number of amides is 1. The molecule has 1 aromatic carbocycles. The molecular formula is C22H21N5O. The lowest BCUT2D eigenvalue weighted by Crippen LogP contribution is -2.43. The maximum Gasteiger partial charge on any atom is 0.253 e. The molecule has 0 saturated carbocycles. The zero-order valence-electron chi connectivity index (χ0n) is 15.6. The van der Waals surface area contributed by atoms with Crippen LogP contribution in [0.25, 0.3) is 22.2 Å². The largest absolute Gasteiger partial charge is 0.360 e. The first-order chi connectivity index (χ1) is 13.7. The fraction of sp³-hybridized carbons (Fsp3) is 0.318. The minimum atomic E-state index is -0.0870. The summed E-state index contributed by atoms with van der Waals surface area (Å²) in [5.74, 6) is -0.0870. The number of nitrogens with zero attached hydrogens (tertiary/aromatic N) is 3. The van der Waals surface area contributed by atoms with Crippen molar-refractivity contribution in [3.8, 4) is 17.5 Å². The van der Waals surface area contributed by atoms with Crippen LogP contribution in [0, 0.1) is 18.4 Å². The van der Waals surface area contributed by atoms with Gasteiger partial charge in [-0.15, -0.1) is 0 Å². The summed E-state index contributed by atoms with van der Waals surface area (Å²) in [4.78, 5) is 22.8. The Morgan fingerprint density at radius 3 is 2.93 bits per heavy atom. The van der Waals surface area contributed by atoms with Gasteiger partial charge in [-0.2, -0.15) is 5.26 Å². The Bertz CT molecular complexity index is 1110. The lowest BCUT2D eigenvalue weighted by molar-refractivity contribution is 0.0930. The Labute approximate surface area is 163 Å². The highest BCUT2D eigenvalue weighted by atomic mass is 16.1. The lowest BCUT2D eigenvalue weighted by Gasteiger charge is -2.21. The number of hydrogen-bond donors (Lipinski definition) is 2. The summed E-state index contributed by atoms with van der Waals surface area (Å²) in [6.45, 7) is 1.97. The molecule has 2 saturated heterocycles. The third kappa shape index (κ3) is 2.55. The number of carbonyl (C=O) groups is 1. The minimum Gasteiger partial charge on any atom is -0.360 e. The molecule has 2 N–H and O–H groups in total. The summed E-state index contributed by atoms with van der Waals surface area (Å²) < 4.78 is 0. The van der Waals surface area contributed by atoms with Crippen molar-refractivity contribution < 1.29 is 4.79 Å². The molecule has 6 heteroatoms. The molecule has 4 heterocycles. The first-order valence-electron chi connectivity index (χ1n) is 9.69. The number of carbonyl (C=O) groups excluding carboxylic acids is 1. The molecule has 5 rings (SSSR count). The van der Waals surface area contributed by atoms with Gasteiger partial charge in [-0.25, -0.2) is 0 Å². The van der Waals surface area contributed by atoms with E-state index < -0.39 is 0 Å².